The smallest absolute Gasteiger partial charge is 0.253 e. The highest BCUT2D eigenvalue weighted by Gasteiger charge is 2.21. The second-order valence-corrected chi connectivity index (χ2v) is 4.55. The number of carbonyl (C=O) groups excluding carboxylic acids is 2. The van der Waals surface area contributed by atoms with Crippen molar-refractivity contribution in [1.29, 1.82) is 0 Å². The van der Waals surface area contributed by atoms with Gasteiger partial charge < -0.3 is 16.0 Å². The molecule has 1 atom stereocenters. The lowest BCUT2D eigenvalue weighted by molar-refractivity contribution is 0.0708. The monoisotopic (exact) mass is 283 g/mol. The van der Waals surface area contributed by atoms with E-state index < -0.39 is 5.91 Å². The summed E-state index contributed by atoms with van der Waals surface area (Å²) in [5.74, 6) is -0.482. The van der Waals surface area contributed by atoms with Crippen LogP contribution in [-0.2, 0) is 0 Å². The molecule has 1 aromatic rings. The molecule has 1 unspecified atom stereocenters. The largest absolute Gasteiger partial charge is 0.366 e. The van der Waals surface area contributed by atoms with Gasteiger partial charge in [0.2, 0.25) is 5.91 Å². The highest BCUT2D eigenvalue weighted by atomic mass is 35.5. The van der Waals surface area contributed by atoms with E-state index in [1.165, 1.54) is 0 Å². The average molecular weight is 284 g/mol. The maximum atomic E-state index is 12.2. The van der Waals surface area contributed by atoms with Crippen molar-refractivity contribution in [2.24, 2.45) is 5.73 Å². The molecule has 1 aliphatic rings. The molecule has 104 valence electrons. The second-order valence-electron chi connectivity index (χ2n) is 4.55. The number of nitrogens with one attached hydrogen (secondary N) is 1. The summed E-state index contributed by atoms with van der Waals surface area (Å²) in [7, 11) is 0. The average Bonchev–Trinajstić information content (AvgIpc) is 2.38. The lowest BCUT2D eigenvalue weighted by Crippen LogP contribution is -2.51. The highest BCUT2D eigenvalue weighted by Crippen LogP contribution is 2.09. The van der Waals surface area contributed by atoms with E-state index in [1.54, 1.807) is 24.3 Å². The fourth-order valence-corrected chi connectivity index (χ4v) is 2.08. The van der Waals surface area contributed by atoms with Gasteiger partial charge in [-0.3, -0.25) is 9.59 Å². The molecule has 0 aliphatic carbocycles. The van der Waals surface area contributed by atoms with Crippen molar-refractivity contribution < 1.29 is 9.59 Å². The van der Waals surface area contributed by atoms with E-state index in [1.807, 2.05) is 4.90 Å². The number of piperazine rings is 1. The van der Waals surface area contributed by atoms with E-state index >= 15 is 0 Å². The zero-order chi connectivity index (χ0) is 13.1. The third-order valence-electron chi connectivity index (χ3n) is 3.07. The molecular weight excluding hydrogens is 266 g/mol. The normalized spacial score (nSPS) is 18.6. The molecule has 5 nitrogen and oxygen atoms in total. The molecule has 0 radical (unpaired) electrons. The standard InChI is InChI=1S/C13H17N3O2.ClH/c1-9-8-16(7-6-15-9)13(18)11-4-2-10(3-5-11)12(14)17;/h2-5,9,15H,6-8H2,1H3,(H2,14,17);1H. The minimum Gasteiger partial charge on any atom is -0.366 e. The van der Waals surface area contributed by atoms with Crippen LogP contribution in [0.3, 0.4) is 0 Å². The quantitative estimate of drug-likeness (QED) is 0.836. The van der Waals surface area contributed by atoms with Crippen molar-refractivity contribution in [3.05, 3.63) is 35.4 Å². The van der Waals surface area contributed by atoms with Crippen molar-refractivity contribution in [2.45, 2.75) is 13.0 Å². The summed E-state index contributed by atoms with van der Waals surface area (Å²) >= 11 is 0. The number of carbonyl (C=O) groups is 2. The highest BCUT2D eigenvalue weighted by molar-refractivity contribution is 5.97. The van der Waals surface area contributed by atoms with Gasteiger partial charge in [-0.1, -0.05) is 0 Å². The predicted octanol–water partition coefficient (Wildman–Crippen LogP) is 0.641. The van der Waals surface area contributed by atoms with Crippen LogP contribution >= 0.6 is 12.4 Å². The van der Waals surface area contributed by atoms with Gasteiger partial charge in [0.1, 0.15) is 0 Å². The number of rotatable bonds is 2. The molecule has 0 spiro atoms. The van der Waals surface area contributed by atoms with Crippen molar-refractivity contribution >= 4 is 24.2 Å². The molecule has 1 fully saturated rings. The minimum absolute atomic E-state index is 0. The van der Waals surface area contributed by atoms with Crippen LogP contribution in [0.25, 0.3) is 0 Å². The number of hydrogen-bond acceptors (Lipinski definition) is 3. The summed E-state index contributed by atoms with van der Waals surface area (Å²) in [4.78, 5) is 25.0. The van der Waals surface area contributed by atoms with Crippen molar-refractivity contribution in [2.75, 3.05) is 19.6 Å². The van der Waals surface area contributed by atoms with E-state index in [-0.39, 0.29) is 18.3 Å². The van der Waals surface area contributed by atoms with Crippen LogP contribution < -0.4 is 11.1 Å². The van der Waals surface area contributed by atoms with Crippen molar-refractivity contribution in [1.82, 2.24) is 10.2 Å². The summed E-state index contributed by atoms with van der Waals surface area (Å²) < 4.78 is 0. The van der Waals surface area contributed by atoms with E-state index in [2.05, 4.69) is 12.2 Å². The Hall–Kier alpha value is -1.59. The Morgan fingerprint density at radius 1 is 1.26 bits per heavy atom. The molecular formula is C13H18ClN3O2. The third kappa shape index (κ3) is 3.68. The van der Waals surface area contributed by atoms with Gasteiger partial charge in [-0.05, 0) is 31.2 Å². The summed E-state index contributed by atoms with van der Waals surface area (Å²) in [6, 6.07) is 6.78. The number of benzene rings is 1. The number of nitrogens with zero attached hydrogens (tertiary/aromatic N) is 1. The maximum Gasteiger partial charge on any atom is 0.253 e. The van der Waals surface area contributed by atoms with Gasteiger partial charge in [0.05, 0.1) is 0 Å². The molecule has 0 bridgehead atoms. The molecule has 1 saturated heterocycles. The third-order valence-corrected chi connectivity index (χ3v) is 3.07. The molecule has 1 aliphatic heterocycles. The van der Waals surface area contributed by atoms with Crippen molar-refractivity contribution in [3.63, 3.8) is 0 Å². The lowest BCUT2D eigenvalue weighted by atomic mass is 10.1. The van der Waals surface area contributed by atoms with Crippen LogP contribution in [-0.4, -0.2) is 42.4 Å². The van der Waals surface area contributed by atoms with Crippen LogP contribution in [0.4, 0.5) is 0 Å². The fourth-order valence-electron chi connectivity index (χ4n) is 2.08. The Balaban J connectivity index is 0.00000180. The van der Waals surface area contributed by atoms with Gasteiger partial charge in [0, 0.05) is 36.8 Å². The fraction of sp³-hybridized carbons (Fsp3) is 0.385. The minimum atomic E-state index is -0.482. The van der Waals surface area contributed by atoms with E-state index in [0.29, 0.717) is 30.3 Å². The Labute approximate surface area is 118 Å². The first-order valence-corrected chi connectivity index (χ1v) is 6.00. The van der Waals surface area contributed by atoms with Crippen LogP contribution in [0, 0.1) is 0 Å². The maximum absolute atomic E-state index is 12.2. The van der Waals surface area contributed by atoms with Gasteiger partial charge in [0.15, 0.2) is 0 Å². The lowest BCUT2D eigenvalue weighted by Gasteiger charge is -2.32. The zero-order valence-corrected chi connectivity index (χ0v) is 11.6. The molecule has 1 aromatic carbocycles. The van der Waals surface area contributed by atoms with Crippen molar-refractivity contribution in [3.8, 4) is 0 Å². The van der Waals surface area contributed by atoms with Crippen LogP contribution in [0.5, 0.6) is 0 Å². The second kappa shape index (κ2) is 6.54. The van der Waals surface area contributed by atoms with Crippen LogP contribution in [0.2, 0.25) is 0 Å². The molecule has 6 heteroatoms. The molecule has 2 amide bonds. The van der Waals surface area contributed by atoms with Crippen LogP contribution in [0.15, 0.2) is 24.3 Å². The molecule has 3 N–H and O–H groups in total. The van der Waals surface area contributed by atoms with E-state index in [4.69, 9.17) is 5.73 Å². The Kier molecular flexibility index (Phi) is 5.32. The van der Waals surface area contributed by atoms with E-state index in [0.717, 1.165) is 6.54 Å². The predicted molar refractivity (Wildman–Crippen MR) is 75.6 cm³/mol. The SMILES string of the molecule is CC1CN(C(=O)c2ccc(C(N)=O)cc2)CCN1.Cl. The number of halogens is 1. The van der Waals surface area contributed by atoms with Crippen LogP contribution in [0.1, 0.15) is 27.6 Å². The first-order chi connectivity index (χ1) is 8.58. The van der Waals surface area contributed by atoms with Gasteiger partial charge >= 0.3 is 0 Å². The zero-order valence-electron chi connectivity index (χ0n) is 10.8. The first kappa shape index (κ1) is 15.5. The molecule has 0 saturated carbocycles. The molecule has 19 heavy (non-hydrogen) atoms. The number of primary amides is 1. The van der Waals surface area contributed by atoms with Gasteiger partial charge in [-0.15, -0.1) is 12.4 Å². The Bertz CT molecular complexity index is 461. The van der Waals surface area contributed by atoms with E-state index in [9.17, 15) is 9.59 Å². The topological polar surface area (TPSA) is 75.4 Å². The first-order valence-electron chi connectivity index (χ1n) is 6.00. The summed E-state index contributed by atoms with van der Waals surface area (Å²) in [6.07, 6.45) is 0. The number of amides is 2. The molecule has 0 aromatic heterocycles. The van der Waals surface area contributed by atoms with Gasteiger partial charge in [-0.25, -0.2) is 0 Å². The van der Waals surface area contributed by atoms with Gasteiger partial charge in [0.25, 0.3) is 5.91 Å². The Morgan fingerprint density at radius 2 is 1.84 bits per heavy atom. The summed E-state index contributed by atoms with van der Waals surface area (Å²) in [5.41, 5.74) is 6.17. The summed E-state index contributed by atoms with van der Waals surface area (Å²) in [5, 5.41) is 3.29. The summed E-state index contributed by atoms with van der Waals surface area (Å²) in [6.45, 7) is 4.28. The number of hydrogen-bond donors (Lipinski definition) is 2. The Morgan fingerprint density at radius 3 is 2.37 bits per heavy atom. The number of nitrogens with two attached hydrogens (primary N) is 1. The van der Waals surface area contributed by atoms with Gasteiger partial charge in [-0.2, -0.15) is 0 Å². The molecule has 1 heterocycles. The molecule has 2 rings (SSSR count).